The minimum absolute atomic E-state index is 0.148. The van der Waals surface area contributed by atoms with Crippen LogP contribution in [-0.4, -0.2) is 28.7 Å². The third kappa shape index (κ3) is 3.49. The van der Waals surface area contributed by atoms with E-state index >= 15 is 0 Å². The highest BCUT2D eigenvalue weighted by Crippen LogP contribution is 2.27. The molecule has 1 aliphatic heterocycles. The number of benzene rings is 1. The van der Waals surface area contributed by atoms with Crippen molar-refractivity contribution < 1.29 is 18.8 Å². The molecule has 0 unspecified atom stereocenters. The van der Waals surface area contributed by atoms with E-state index in [1.807, 2.05) is 0 Å². The van der Waals surface area contributed by atoms with Crippen LogP contribution in [0.1, 0.15) is 16.8 Å². The Bertz CT molecular complexity index is 847. The molecule has 1 atom stereocenters. The van der Waals surface area contributed by atoms with Gasteiger partial charge in [0.05, 0.1) is 17.1 Å². The summed E-state index contributed by atoms with van der Waals surface area (Å²) in [4.78, 5) is 41.2. The Labute approximate surface area is 146 Å². The number of aromatic nitrogens is 1. The number of hydrogen-bond acceptors (Lipinski definition) is 5. The Morgan fingerprint density at radius 1 is 1.24 bits per heavy atom. The molecule has 2 N–H and O–H groups in total. The minimum atomic E-state index is -0.929. The standard InChI is InChI=1S/C16H12ClFN4O3/c17-11-7-10(1-2-12(11)18)22-14(23)8-13(16(22)25)20-21-15(24)9-3-5-19-6-4-9/h1-7,13,20H,8H2,(H,21,24)/t13-/m1/s1. The second-order valence-electron chi connectivity index (χ2n) is 5.26. The van der Waals surface area contributed by atoms with Crippen LogP contribution < -0.4 is 15.8 Å². The third-order valence-corrected chi connectivity index (χ3v) is 3.90. The molecule has 3 rings (SSSR count). The van der Waals surface area contributed by atoms with Gasteiger partial charge in [-0.25, -0.2) is 14.7 Å². The number of carbonyl (C=O) groups excluding carboxylic acids is 3. The van der Waals surface area contributed by atoms with Gasteiger partial charge in [0.2, 0.25) is 5.91 Å². The summed E-state index contributed by atoms with van der Waals surface area (Å²) < 4.78 is 13.2. The van der Waals surface area contributed by atoms with Gasteiger partial charge in [0, 0.05) is 18.0 Å². The first-order valence-corrected chi connectivity index (χ1v) is 7.63. The van der Waals surface area contributed by atoms with Gasteiger partial charge in [-0.1, -0.05) is 11.6 Å². The van der Waals surface area contributed by atoms with Crippen molar-refractivity contribution in [2.24, 2.45) is 0 Å². The number of anilines is 1. The molecule has 1 aromatic carbocycles. The highest BCUT2D eigenvalue weighted by atomic mass is 35.5. The lowest BCUT2D eigenvalue weighted by Gasteiger charge is -2.16. The molecule has 128 valence electrons. The van der Waals surface area contributed by atoms with Crippen LogP contribution in [-0.2, 0) is 9.59 Å². The molecule has 2 aromatic rings. The number of imide groups is 1. The van der Waals surface area contributed by atoms with E-state index in [2.05, 4.69) is 15.8 Å². The summed E-state index contributed by atoms with van der Waals surface area (Å²) in [5, 5.41) is -0.194. The number of hydrogen-bond donors (Lipinski definition) is 2. The predicted octanol–water partition coefficient (Wildman–Crippen LogP) is 1.44. The Morgan fingerprint density at radius 3 is 2.64 bits per heavy atom. The van der Waals surface area contributed by atoms with Crippen LogP contribution in [0.2, 0.25) is 5.02 Å². The van der Waals surface area contributed by atoms with Crippen molar-refractivity contribution >= 4 is 35.0 Å². The summed E-state index contributed by atoms with van der Waals surface area (Å²) in [5.74, 6) is -2.17. The first-order chi connectivity index (χ1) is 12.0. The molecule has 0 aliphatic carbocycles. The molecule has 0 spiro atoms. The van der Waals surface area contributed by atoms with E-state index in [0.29, 0.717) is 5.56 Å². The number of nitrogens with one attached hydrogen (secondary N) is 2. The Balaban J connectivity index is 1.69. The van der Waals surface area contributed by atoms with Crippen molar-refractivity contribution in [1.82, 2.24) is 15.8 Å². The highest BCUT2D eigenvalue weighted by molar-refractivity contribution is 6.31. The maximum Gasteiger partial charge on any atom is 0.265 e. The monoisotopic (exact) mass is 362 g/mol. The molecular formula is C16H12ClFN4O3. The van der Waals surface area contributed by atoms with E-state index in [1.165, 1.54) is 36.7 Å². The summed E-state index contributed by atoms with van der Waals surface area (Å²) in [6.45, 7) is 0. The van der Waals surface area contributed by atoms with Crippen molar-refractivity contribution in [3.8, 4) is 0 Å². The van der Waals surface area contributed by atoms with Crippen LogP contribution in [0.15, 0.2) is 42.7 Å². The van der Waals surface area contributed by atoms with Crippen LogP contribution in [0, 0.1) is 5.82 Å². The summed E-state index contributed by atoms with van der Waals surface area (Å²) >= 11 is 5.69. The van der Waals surface area contributed by atoms with Crippen molar-refractivity contribution in [3.63, 3.8) is 0 Å². The van der Waals surface area contributed by atoms with Crippen molar-refractivity contribution in [1.29, 1.82) is 0 Å². The van der Waals surface area contributed by atoms with E-state index in [9.17, 15) is 18.8 Å². The molecule has 1 aliphatic rings. The average molecular weight is 363 g/mol. The van der Waals surface area contributed by atoms with Crippen LogP contribution in [0.3, 0.4) is 0 Å². The highest BCUT2D eigenvalue weighted by Gasteiger charge is 2.40. The molecule has 2 heterocycles. The lowest BCUT2D eigenvalue weighted by molar-refractivity contribution is -0.121. The predicted molar refractivity (Wildman–Crippen MR) is 87.1 cm³/mol. The first kappa shape index (κ1) is 17.0. The number of amides is 3. The van der Waals surface area contributed by atoms with Crippen LogP contribution in [0.4, 0.5) is 10.1 Å². The smallest absolute Gasteiger partial charge is 0.265 e. The summed E-state index contributed by atoms with van der Waals surface area (Å²) in [7, 11) is 0. The molecule has 0 radical (unpaired) electrons. The number of pyridine rings is 1. The topological polar surface area (TPSA) is 91.4 Å². The normalized spacial score (nSPS) is 17.0. The van der Waals surface area contributed by atoms with Crippen molar-refractivity contribution in [2.75, 3.05) is 4.90 Å². The minimum Gasteiger partial charge on any atom is -0.287 e. The van der Waals surface area contributed by atoms with Gasteiger partial charge in [-0.3, -0.25) is 24.8 Å². The van der Waals surface area contributed by atoms with Gasteiger partial charge >= 0.3 is 0 Å². The lowest BCUT2D eigenvalue weighted by Crippen LogP contribution is -2.48. The molecule has 0 bridgehead atoms. The molecular weight excluding hydrogens is 351 g/mol. The summed E-state index contributed by atoms with van der Waals surface area (Å²) in [6, 6.07) is 5.64. The molecule has 3 amide bonds. The first-order valence-electron chi connectivity index (χ1n) is 7.25. The number of nitrogens with zero attached hydrogens (tertiary/aromatic N) is 2. The largest absolute Gasteiger partial charge is 0.287 e. The van der Waals surface area contributed by atoms with Gasteiger partial charge in [-0.05, 0) is 30.3 Å². The Morgan fingerprint density at radius 2 is 1.96 bits per heavy atom. The van der Waals surface area contributed by atoms with E-state index in [-0.39, 0.29) is 17.1 Å². The van der Waals surface area contributed by atoms with Crippen LogP contribution in [0.25, 0.3) is 0 Å². The molecule has 25 heavy (non-hydrogen) atoms. The summed E-state index contributed by atoms with van der Waals surface area (Å²) in [5.41, 5.74) is 5.45. The fourth-order valence-corrected chi connectivity index (χ4v) is 2.54. The van der Waals surface area contributed by atoms with Gasteiger partial charge in [-0.15, -0.1) is 0 Å². The van der Waals surface area contributed by atoms with Crippen molar-refractivity contribution in [2.45, 2.75) is 12.5 Å². The molecule has 1 fully saturated rings. The van der Waals surface area contributed by atoms with E-state index in [1.54, 1.807) is 0 Å². The molecule has 1 saturated heterocycles. The maximum atomic E-state index is 13.2. The van der Waals surface area contributed by atoms with Crippen molar-refractivity contribution in [3.05, 3.63) is 59.1 Å². The van der Waals surface area contributed by atoms with E-state index in [4.69, 9.17) is 11.6 Å². The number of rotatable bonds is 4. The van der Waals surface area contributed by atoms with Crippen LogP contribution in [0.5, 0.6) is 0 Å². The zero-order valence-electron chi connectivity index (χ0n) is 12.7. The zero-order valence-corrected chi connectivity index (χ0v) is 13.5. The second-order valence-corrected chi connectivity index (χ2v) is 5.66. The Kier molecular flexibility index (Phi) is 4.73. The maximum absolute atomic E-state index is 13.2. The fraction of sp³-hybridized carbons (Fsp3) is 0.125. The summed E-state index contributed by atoms with van der Waals surface area (Å²) in [6.07, 6.45) is 2.77. The van der Waals surface area contributed by atoms with E-state index in [0.717, 1.165) is 11.0 Å². The van der Waals surface area contributed by atoms with Gasteiger partial charge in [0.25, 0.3) is 11.8 Å². The van der Waals surface area contributed by atoms with Gasteiger partial charge in [-0.2, -0.15) is 0 Å². The van der Waals surface area contributed by atoms with Gasteiger partial charge in [0.15, 0.2) is 0 Å². The third-order valence-electron chi connectivity index (χ3n) is 3.61. The Hall–Kier alpha value is -2.84. The molecule has 9 heteroatoms. The molecule has 0 saturated carbocycles. The zero-order chi connectivity index (χ0) is 18.0. The second kappa shape index (κ2) is 6.96. The molecule has 1 aromatic heterocycles. The van der Waals surface area contributed by atoms with Gasteiger partial charge < -0.3 is 0 Å². The van der Waals surface area contributed by atoms with Gasteiger partial charge in [0.1, 0.15) is 11.9 Å². The van der Waals surface area contributed by atoms with Crippen LogP contribution >= 0.6 is 11.6 Å². The number of halogens is 2. The fourth-order valence-electron chi connectivity index (χ4n) is 2.37. The van der Waals surface area contributed by atoms with E-state index < -0.39 is 29.6 Å². The number of hydrazine groups is 1. The number of carbonyl (C=O) groups is 3. The molecule has 7 nitrogen and oxygen atoms in total. The quantitative estimate of drug-likeness (QED) is 0.634. The lowest BCUT2D eigenvalue weighted by atomic mass is 10.2. The average Bonchev–Trinajstić information content (AvgIpc) is 2.90. The SMILES string of the molecule is O=C(NN[C@@H]1CC(=O)N(c2ccc(F)c(Cl)c2)C1=O)c1ccncc1.